The average Bonchev–Trinajstić information content (AvgIpc) is 3.46. The van der Waals surface area contributed by atoms with E-state index in [1.807, 2.05) is 32.0 Å². The number of ether oxygens (including phenoxy) is 2. The highest BCUT2D eigenvalue weighted by atomic mass is 28.3. The molecule has 4 aromatic rings. The molecule has 0 bridgehead atoms. The van der Waals surface area contributed by atoms with Crippen LogP contribution in [-0.2, 0) is 16.3 Å². The Morgan fingerprint density at radius 1 is 1.10 bits per heavy atom. The predicted molar refractivity (Wildman–Crippen MR) is 153 cm³/mol. The molecule has 11 heteroatoms. The fourth-order valence-electron chi connectivity index (χ4n) is 4.19. The molecule has 2 aromatic heterocycles. The van der Waals surface area contributed by atoms with E-state index < -0.39 is 14.0 Å². The average molecular weight is 550 g/mol. The molecule has 2 heterocycles. The number of fused-ring (bicyclic) bond motifs is 1. The van der Waals surface area contributed by atoms with E-state index in [9.17, 15) is 9.59 Å². The van der Waals surface area contributed by atoms with Crippen LogP contribution in [-0.4, -0.2) is 53.4 Å². The van der Waals surface area contributed by atoms with Gasteiger partial charge in [-0.1, -0.05) is 42.7 Å². The molecule has 39 heavy (non-hydrogen) atoms. The maximum absolute atomic E-state index is 13.5. The van der Waals surface area contributed by atoms with Crippen LogP contribution < -0.4 is 14.9 Å². The molecule has 0 radical (unpaired) electrons. The standard InChI is InChI=1S/C28H35N5O5Si/c1-18-9-8-10-19(2)26(18)30-28(35)23-13-22-24(14-25(23)36-4)32(17-37-11-12-39(5,6)7)31-27(22)21-15-29-33(16-21)38-20(3)34/h8-10,13-16H,11-12,17H2,1-7H3,(H,30,35). The van der Waals surface area contributed by atoms with E-state index in [1.165, 1.54) is 14.0 Å². The summed E-state index contributed by atoms with van der Waals surface area (Å²) < 4.78 is 13.4. The monoisotopic (exact) mass is 549 g/mol. The van der Waals surface area contributed by atoms with Gasteiger partial charge in [-0.25, -0.2) is 9.48 Å². The normalized spacial score (nSPS) is 11.6. The minimum absolute atomic E-state index is 0.232. The van der Waals surface area contributed by atoms with E-state index in [0.717, 1.165) is 33.2 Å². The van der Waals surface area contributed by atoms with Crippen molar-refractivity contribution < 1.29 is 23.9 Å². The number of nitrogens with zero attached hydrogens (tertiary/aromatic N) is 4. The highest BCUT2D eigenvalue weighted by Gasteiger charge is 2.22. The largest absolute Gasteiger partial charge is 0.496 e. The first kappa shape index (κ1) is 28.1. The first-order valence-electron chi connectivity index (χ1n) is 12.7. The van der Waals surface area contributed by atoms with Crippen LogP contribution in [0.5, 0.6) is 5.75 Å². The molecule has 0 aliphatic heterocycles. The number of amides is 1. The van der Waals surface area contributed by atoms with Gasteiger partial charge in [0.05, 0.1) is 30.6 Å². The molecule has 0 atom stereocenters. The number of hydrogen-bond acceptors (Lipinski definition) is 7. The third-order valence-electron chi connectivity index (χ3n) is 6.30. The van der Waals surface area contributed by atoms with Crippen LogP contribution >= 0.6 is 0 Å². The van der Waals surface area contributed by atoms with E-state index >= 15 is 0 Å². The lowest BCUT2D eigenvalue weighted by Gasteiger charge is -2.16. The van der Waals surface area contributed by atoms with Gasteiger partial charge in [-0.2, -0.15) is 5.10 Å². The van der Waals surface area contributed by atoms with Gasteiger partial charge in [0, 0.05) is 44.3 Å². The lowest BCUT2D eigenvalue weighted by molar-refractivity contribution is -0.143. The van der Waals surface area contributed by atoms with Crippen molar-refractivity contribution in [2.45, 2.75) is 53.2 Å². The first-order valence-corrected chi connectivity index (χ1v) is 16.5. The molecule has 0 aliphatic rings. The zero-order valence-corrected chi connectivity index (χ0v) is 24.5. The number of nitrogens with one attached hydrogen (secondary N) is 1. The number of rotatable bonds is 10. The number of aromatic nitrogens is 4. The zero-order valence-electron chi connectivity index (χ0n) is 23.5. The number of para-hydroxylation sites is 1. The first-order chi connectivity index (χ1) is 18.5. The summed E-state index contributed by atoms with van der Waals surface area (Å²) in [6.45, 7) is 13.0. The van der Waals surface area contributed by atoms with Crippen LogP contribution in [0.4, 0.5) is 5.69 Å². The highest BCUT2D eigenvalue weighted by Crippen LogP contribution is 2.34. The van der Waals surface area contributed by atoms with Gasteiger partial charge in [0.2, 0.25) is 0 Å². The number of carbonyl (C=O) groups excluding carboxylic acids is 2. The lowest BCUT2D eigenvalue weighted by atomic mass is 10.0. The topological polar surface area (TPSA) is 109 Å². The lowest BCUT2D eigenvalue weighted by Crippen LogP contribution is -2.22. The van der Waals surface area contributed by atoms with Crippen LogP contribution in [0.3, 0.4) is 0 Å². The molecule has 0 aliphatic carbocycles. The van der Waals surface area contributed by atoms with Crippen molar-refractivity contribution in [3.05, 3.63) is 59.4 Å². The van der Waals surface area contributed by atoms with Gasteiger partial charge < -0.3 is 19.6 Å². The van der Waals surface area contributed by atoms with Crippen molar-refractivity contribution in [1.29, 1.82) is 0 Å². The molecule has 2 aromatic carbocycles. The SMILES string of the molecule is COc1cc2c(cc1C(=O)Nc1c(C)cccc1C)c(-c1cnn(OC(C)=O)c1)nn2COCC[Si](C)(C)C. The number of anilines is 1. The van der Waals surface area contributed by atoms with Crippen molar-refractivity contribution in [3.8, 4) is 17.0 Å². The Hall–Kier alpha value is -3.96. The van der Waals surface area contributed by atoms with Crippen LogP contribution in [0.1, 0.15) is 28.4 Å². The van der Waals surface area contributed by atoms with Crippen molar-refractivity contribution >= 4 is 36.5 Å². The number of carbonyl (C=O) groups is 2. The van der Waals surface area contributed by atoms with Gasteiger partial charge in [-0.05, 0) is 37.1 Å². The summed E-state index contributed by atoms with van der Waals surface area (Å²) in [6, 6.07) is 10.4. The summed E-state index contributed by atoms with van der Waals surface area (Å²) in [5, 5.41) is 12.7. The number of hydrogen-bond donors (Lipinski definition) is 1. The fourth-order valence-corrected chi connectivity index (χ4v) is 4.95. The molecule has 0 saturated carbocycles. The van der Waals surface area contributed by atoms with Gasteiger partial charge in [-0.15, -0.1) is 5.10 Å². The minimum Gasteiger partial charge on any atom is -0.496 e. The minimum atomic E-state index is -1.25. The molecule has 0 spiro atoms. The maximum atomic E-state index is 13.5. The second-order valence-corrected chi connectivity index (χ2v) is 16.3. The summed E-state index contributed by atoms with van der Waals surface area (Å²) in [5.41, 5.74) is 4.98. The quantitative estimate of drug-likeness (QED) is 0.217. The predicted octanol–water partition coefficient (Wildman–Crippen LogP) is 5.06. The Bertz CT molecular complexity index is 1500. The molecule has 1 N–H and O–H groups in total. The Morgan fingerprint density at radius 3 is 2.46 bits per heavy atom. The van der Waals surface area contributed by atoms with E-state index in [4.69, 9.17) is 19.4 Å². The molecule has 10 nitrogen and oxygen atoms in total. The maximum Gasteiger partial charge on any atom is 0.331 e. The van der Waals surface area contributed by atoms with Gasteiger partial charge in [-0.3, -0.25) is 4.79 Å². The van der Waals surface area contributed by atoms with Crippen LogP contribution in [0, 0.1) is 13.8 Å². The van der Waals surface area contributed by atoms with Crippen LogP contribution in [0.25, 0.3) is 22.2 Å². The summed E-state index contributed by atoms with van der Waals surface area (Å²) in [5.74, 6) is -0.380. The molecule has 206 valence electrons. The summed E-state index contributed by atoms with van der Waals surface area (Å²) >= 11 is 0. The smallest absolute Gasteiger partial charge is 0.331 e. The number of benzene rings is 2. The Morgan fingerprint density at radius 2 is 1.82 bits per heavy atom. The van der Waals surface area contributed by atoms with Crippen molar-refractivity contribution in [2.24, 2.45) is 0 Å². The Labute approximate surface area is 228 Å². The molecule has 0 fully saturated rings. The Kier molecular flexibility index (Phi) is 8.21. The second-order valence-electron chi connectivity index (χ2n) is 10.7. The summed E-state index contributed by atoms with van der Waals surface area (Å²) in [4.78, 5) is 31.1. The third-order valence-corrected chi connectivity index (χ3v) is 8.01. The zero-order chi connectivity index (χ0) is 28.3. The Balaban J connectivity index is 1.77. The molecular formula is C28H35N5O5Si. The fraction of sp³-hybridized carbons (Fsp3) is 0.357. The van der Waals surface area contributed by atoms with Gasteiger partial charge in [0.15, 0.2) is 0 Å². The van der Waals surface area contributed by atoms with Crippen LogP contribution in [0.15, 0.2) is 42.7 Å². The molecular weight excluding hydrogens is 514 g/mol. The van der Waals surface area contributed by atoms with Crippen LogP contribution in [0.2, 0.25) is 25.7 Å². The van der Waals surface area contributed by atoms with E-state index in [1.54, 1.807) is 29.2 Å². The molecule has 0 saturated heterocycles. The molecule has 1 amide bonds. The van der Waals surface area contributed by atoms with Gasteiger partial charge in [0.1, 0.15) is 18.2 Å². The van der Waals surface area contributed by atoms with E-state index in [-0.39, 0.29) is 12.6 Å². The van der Waals surface area contributed by atoms with Crippen molar-refractivity contribution in [3.63, 3.8) is 0 Å². The third kappa shape index (κ3) is 6.55. The van der Waals surface area contributed by atoms with E-state index in [0.29, 0.717) is 34.6 Å². The van der Waals surface area contributed by atoms with Crippen molar-refractivity contribution in [1.82, 2.24) is 19.7 Å². The number of aryl methyl sites for hydroxylation is 2. The summed E-state index contributed by atoms with van der Waals surface area (Å²) in [6.07, 6.45) is 3.13. The van der Waals surface area contributed by atoms with Gasteiger partial charge in [0.25, 0.3) is 5.91 Å². The number of methoxy groups -OCH3 is 1. The summed E-state index contributed by atoms with van der Waals surface area (Å²) in [7, 11) is 0.280. The highest BCUT2D eigenvalue weighted by molar-refractivity contribution is 6.76. The van der Waals surface area contributed by atoms with Gasteiger partial charge >= 0.3 is 5.97 Å². The van der Waals surface area contributed by atoms with E-state index in [2.05, 4.69) is 30.1 Å². The molecule has 0 unspecified atom stereocenters. The second kappa shape index (κ2) is 11.4. The molecule has 4 rings (SSSR count). The van der Waals surface area contributed by atoms with Crippen molar-refractivity contribution in [2.75, 3.05) is 19.0 Å².